The molecule has 118 valence electrons. The van der Waals surface area contributed by atoms with Crippen LogP contribution in [0.25, 0.3) is 0 Å². The molecule has 3 N–H and O–H groups in total. The zero-order valence-corrected chi connectivity index (χ0v) is 12.8. The first kappa shape index (κ1) is 17.3. The fourth-order valence-electron chi connectivity index (χ4n) is 1.59. The summed E-state index contributed by atoms with van der Waals surface area (Å²) in [5.41, 5.74) is 0.0380. The van der Waals surface area contributed by atoms with Crippen LogP contribution < -0.4 is 14.8 Å². The van der Waals surface area contributed by atoms with Gasteiger partial charge in [-0.15, -0.1) is 0 Å². The van der Waals surface area contributed by atoms with Crippen LogP contribution in [0.4, 0.5) is 0 Å². The number of ether oxygens (including phenoxy) is 2. The molecular formula is C15H23NO5. The smallest absolute Gasteiger partial charge is 0.335 e. The summed E-state index contributed by atoms with van der Waals surface area (Å²) >= 11 is 0. The standard InChI is InChI=1S/C15H23NO5/c1-15(2,3)16-8-11(17)9-21-12-6-5-10(14(18)19)7-13(12)20-4/h5-7,11,16-17H,8-9H2,1-4H3,(H,18,19). The largest absolute Gasteiger partial charge is 0.493 e. The molecule has 0 aliphatic carbocycles. The summed E-state index contributed by atoms with van der Waals surface area (Å²) < 4.78 is 10.6. The molecule has 6 heteroatoms. The Kier molecular flexibility index (Phi) is 5.99. The molecule has 0 aliphatic heterocycles. The third-order valence-corrected chi connectivity index (χ3v) is 2.71. The Labute approximate surface area is 124 Å². The number of carboxylic acid groups (broad SMARTS) is 1. The van der Waals surface area contributed by atoms with E-state index in [1.807, 2.05) is 20.8 Å². The highest BCUT2D eigenvalue weighted by atomic mass is 16.5. The first-order chi connectivity index (χ1) is 9.73. The Balaban J connectivity index is 2.60. The third kappa shape index (κ3) is 6.01. The molecule has 0 bridgehead atoms. The summed E-state index contributed by atoms with van der Waals surface area (Å²) in [5, 5.41) is 21.9. The predicted molar refractivity (Wildman–Crippen MR) is 79.2 cm³/mol. The highest BCUT2D eigenvalue weighted by molar-refractivity contribution is 5.88. The molecule has 1 rings (SSSR count). The van der Waals surface area contributed by atoms with Gasteiger partial charge in [-0.05, 0) is 39.0 Å². The Hall–Kier alpha value is -1.79. The molecule has 0 radical (unpaired) electrons. The first-order valence-electron chi connectivity index (χ1n) is 6.70. The second kappa shape index (κ2) is 7.28. The molecule has 1 aromatic rings. The minimum absolute atomic E-state index is 0.0815. The maximum atomic E-state index is 10.9. The van der Waals surface area contributed by atoms with Crippen LogP contribution in [-0.2, 0) is 0 Å². The van der Waals surface area contributed by atoms with Gasteiger partial charge >= 0.3 is 5.97 Å². The van der Waals surface area contributed by atoms with Gasteiger partial charge < -0.3 is 25.0 Å². The molecule has 1 unspecified atom stereocenters. The van der Waals surface area contributed by atoms with E-state index >= 15 is 0 Å². The molecule has 0 heterocycles. The fourth-order valence-corrected chi connectivity index (χ4v) is 1.59. The molecule has 0 aromatic heterocycles. The second-order valence-corrected chi connectivity index (χ2v) is 5.77. The van der Waals surface area contributed by atoms with Gasteiger partial charge in [0.1, 0.15) is 12.7 Å². The molecule has 0 spiro atoms. The number of rotatable bonds is 7. The van der Waals surface area contributed by atoms with Gasteiger partial charge in [-0.25, -0.2) is 4.79 Å². The summed E-state index contributed by atoms with van der Waals surface area (Å²) in [6, 6.07) is 4.34. The summed E-state index contributed by atoms with van der Waals surface area (Å²) in [7, 11) is 1.44. The van der Waals surface area contributed by atoms with Crippen LogP contribution in [-0.4, -0.2) is 48.1 Å². The molecular weight excluding hydrogens is 274 g/mol. The molecule has 0 aliphatic rings. The minimum Gasteiger partial charge on any atom is -0.493 e. The van der Waals surface area contributed by atoms with E-state index in [0.717, 1.165) is 0 Å². The Bertz CT molecular complexity index is 481. The molecule has 6 nitrogen and oxygen atoms in total. The van der Waals surface area contributed by atoms with Crippen molar-refractivity contribution in [2.75, 3.05) is 20.3 Å². The summed E-state index contributed by atoms with van der Waals surface area (Å²) in [5.74, 6) is -0.308. The van der Waals surface area contributed by atoms with Crippen molar-refractivity contribution < 1.29 is 24.5 Å². The summed E-state index contributed by atoms with van der Waals surface area (Å²) in [6.07, 6.45) is -0.673. The van der Waals surface area contributed by atoms with Gasteiger partial charge in [-0.3, -0.25) is 0 Å². The van der Waals surface area contributed by atoms with Gasteiger partial charge in [0, 0.05) is 12.1 Å². The molecule has 0 saturated carbocycles. The number of aromatic carboxylic acids is 1. The number of benzene rings is 1. The van der Waals surface area contributed by atoms with E-state index in [1.54, 1.807) is 0 Å². The average Bonchev–Trinajstić information content (AvgIpc) is 2.41. The van der Waals surface area contributed by atoms with Crippen LogP contribution in [0.3, 0.4) is 0 Å². The molecule has 0 amide bonds. The lowest BCUT2D eigenvalue weighted by molar-refractivity contribution is 0.0696. The van der Waals surface area contributed by atoms with Crippen molar-refractivity contribution in [3.05, 3.63) is 23.8 Å². The van der Waals surface area contributed by atoms with Crippen LogP contribution in [0, 0.1) is 0 Å². The molecule has 1 aromatic carbocycles. The third-order valence-electron chi connectivity index (χ3n) is 2.71. The van der Waals surface area contributed by atoms with Gasteiger partial charge in [0.2, 0.25) is 0 Å². The average molecular weight is 297 g/mol. The van der Waals surface area contributed by atoms with Crippen LogP contribution in [0.5, 0.6) is 11.5 Å². The summed E-state index contributed by atoms with van der Waals surface area (Å²) in [4.78, 5) is 10.9. The van der Waals surface area contributed by atoms with Gasteiger partial charge in [0.05, 0.1) is 12.7 Å². The number of hydrogen-bond donors (Lipinski definition) is 3. The van der Waals surface area contributed by atoms with E-state index in [0.29, 0.717) is 18.0 Å². The van der Waals surface area contributed by atoms with E-state index in [1.165, 1.54) is 25.3 Å². The number of aliphatic hydroxyl groups excluding tert-OH is 1. The Morgan fingerprint density at radius 1 is 1.33 bits per heavy atom. The highest BCUT2D eigenvalue weighted by Crippen LogP contribution is 2.28. The monoisotopic (exact) mass is 297 g/mol. The number of hydrogen-bond acceptors (Lipinski definition) is 5. The predicted octanol–water partition coefficient (Wildman–Crippen LogP) is 1.52. The van der Waals surface area contributed by atoms with E-state index < -0.39 is 12.1 Å². The molecule has 21 heavy (non-hydrogen) atoms. The number of carboxylic acids is 1. The van der Waals surface area contributed by atoms with Gasteiger partial charge in [0.25, 0.3) is 0 Å². The zero-order chi connectivity index (χ0) is 16.0. The molecule has 1 atom stereocenters. The SMILES string of the molecule is COc1cc(C(=O)O)ccc1OCC(O)CNC(C)(C)C. The maximum absolute atomic E-state index is 10.9. The molecule has 0 fully saturated rings. The van der Waals surface area contributed by atoms with Crippen LogP contribution in [0.1, 0.15) is 31.1 Å². The lowest BCUT2D eigenvalue weighted by Crippen LogP contribution is -2.42. The summed E-state index contributed by atoms with van der Waals surface area (Å²) in [6.45, 7) is 6.52. The number of nitrogens with one attached hydrogen (secondary N) is 1. The number of aliphatic hydroxyl groups is 1. The van der Waals surface area contributed by atoms with Crippen molar-refractivity contribution >= 4 is 5.97 Å². The van der Waals surface area contributed by atoms with E-state index in [2.05, 4.69) is 5.32 Å². The van der Waals surface area contributed by atoms with Crippen molar-refractivity contribution in [2.45, 2.75) is 32.4 Å². The van der Waals surface area contributed by atoms with Gasteiger partial charge in [-0.2, -0.15) is 0 Å². The number of carbonyl (C=O) groups is 1. The van der Waals surface area contributed by atoms with Gasteiger partial charge in [0.15, 0.2) is 11.5 Å². The minimum atomic E-state index is -1.03. The second-order valence-electron chi connectivity index (χ2n) is 5.77. The van der Waals surface area contributed by atoms with E-state index in [9.17, 15) is 9.90 Å². The van der Waals surface area contributed by atoms with Crippen LogP contribution in [0.15, 0.2) is 18.2 Å². The lowest BCUT2D eigenvalue weighted by atomic mass is 10.1. The van der Waals surface area contributed by atoms with E-state index in [4.69, 9.17) is 14.6 Å². The van der Waals surface area contributed by atoms with E-state index in [-0.39, 0.29) is 17.7 Å². The van der Waals surface area contributed by atoms with Crippen molar-refractivity contribution in [1.82, 2.24) is 5.32 Å². The van der Waals surface area contributed by atoms with Crippen LogP contribution in [0.2, 0.25) is 0 Å². The van der Waals surface area contributed by atoms with Crippen molar-refractivity contribution in [3.63, 3.8) is 0 Å². The van der Waals surface area contributed by atoms with Crippen LogP contribution >= 0.6 is 0 Å². The fraction of sp³-hybridized carbons (Fsp3) is 0.533. The first-order valence-corrected chi connectivity index (χ1v) is 6.70. The normalized spacial score (nSPS) is 12.8. The lowest BCUT2D eigenvalue weighted by Gasteiger charge is -2.23. The van der Waals surface area contributed by atoms with Gasteiger partial charge in [-0.1, -0.05) is 0 Å². The van der Waals surface area contributed by atoms with Crippen molar-refractivity contribution in [3.8, 4) is 11.5 Å². The Morgan fingerprint density at radius 2 is 2.00 bits per heavy atom. The zero-order valence-electron chi connectivity index (χ0n) is 12.8. The highest BCUT2D eigenvalue weighted by Gasteiger charge is 2.14. The van der Waals surface area contributed by atoms with Crippen molar-refractivity contribution in [2.24, 2.45) is 0 Å². The number of methoxy groups -OCH3 is 1. The number of β-amino-alcohol motifs (C(OH)–C–C–N with tert-alkyl or cyclic N) is 1. The van der Waals surface area contributed by atoms with Crippen molar-refractivity contribution in [1.29, 1.82) is 0 Å². The quantitative estimate of drug-likeness (QED) is 0.707. The Morgan fingerprint density at radius 3 is 2.52 bits per heavy atom. The topological polar surface area (TPSA) is 88.0 Å². The maximum Gasteiger partial charge on any atom is 0.335 e. The molecule has 0 saturated heterocycles.